The van der Waals surface area contributed by atoms with Crippen LogP contribution in [0.25, 0.3) is 0 Å². The fraction of sp³-hybridized carbons (Fsp3) is 0.464. The SMILES string of the molecule is Cc1c(NC(=O)CNC(=O)CC23CC4CC(CC(C4)C2)C3)cccc1C(=O)Nc1ccccc1. The second-order valence-electron chi connectivity index (χ2n) is 10.7. The number of hydrogen-bond donors (Lipinski definition) is 3. The minimum absolute atomic E-state index is 0.0233. The first-order chi connectivity index (χ1) is 16.4. The maximum atomic E-state index is 12.7. The molecule has 4 saturated carbocycles. The molecule has 0 saturated heterocycles. The lowest BCUT2D eigenvalue weighted by molar-refractivity contribution is -0.131. The smallest absolute Gasteiger partial charge is 0.256 e. The molecule has 2 aromatic rings. The van der Waals surface area contributed by atoms with Gasteiger partial charge in [0, 0.05) is 23.4 Å². The van der Waals surface area contributed by atoms with Gasteiger partial charge in [0.25, 0.3) is 5.91 Å². The molecule has 6 heteroatoms. The van der Waals surface area contributed by atoms with Crippen LogP contribution < -0.4 is 16.0 Å². The third kappa shape index (κ3) is 4.86. The Morgan fingerprint density at radius 1 is 0.824 bits per heavy atom. The van der Waals surface area contributed by atoms with Gasteiger partial charge in [0.1, 0.15) is 0 Å². The normalized spacial score (nSPS) is 26.7. The summed E-state index contributed by atoms with van der Waals surface area (Å²) in [5.74, 6) is 1.86. The van der Waals surface area contributed by atoms with Gasteiger partial charge < -0.3 is 16.0 Å². The summed E-state index contributed by atoms with van der Waals surface area (Å²) in [5, 5.41) is 8.56. The number of amides is 3. The average Bonchev–Trinajstić information content (AvgIpc) is 2.78. The van der Waals surface area contributed by atoms with Crippen LogP contribution >= 0.6 is 0 Å². The van der Waals surface area contributed by atoms with Crippen LogP contribution in [0.3, 0.4) is 0 Å². The minimum Gasteiger partial charge on any atom is -0.347 e. The third-order valence-electron chi connectivity index (χ3n) is 8.03. The Hall–Kier alpha value is -3.15. The lowest BCUT2D eigenvalue weighted by Gasteiger charge is -2.56. The first kappa shape index (κ1) is 22.6. The summed E-state index contributed by atoms with van der Waals surface area (Å²) >= 11 is 0. The standard InChI is InChI=1S/C28H33N3O3/c1-18-23(27(34)30-22-6-3-2-4-7-22)8-5-9-24(18)31-26(33)17-29-25(32)16-28-13-19-10-20(14-28)12-21(11-19)15-28/h2-9,19-21H,10-17H2,1H3,(H,29,32)(H,30,34)(H,31,33). The van der Waals surface area contributed by atoms with Crippen molar-refractivity contribution in [2.24, 2.45) is 23.2 Å². The summed E-state index contributed by atoms with van der Waals surface area (Å²) < 4.78 is 0. The quantitative estimate of drug-likeness (QED) is 0.550. The molecule has 34 heavy (non-hydrogen) atoms. The van der Waals surface area contributed by atoms with Crippen molar-refractivity contribution in [1.82, 2.24) is 5.32 Å². The molecule has 6 rings (SSSR count). The van der Waals surface area contributed by atoms with Crippen LogP contribution in [0.1, 0.15) is 60.9 Å². The van der Waals surface area contributed by atoms with Gasteiger partial charge in [-0.15, -0.1) is 0 Å². The maximum Gasteiger partial charge on any atom is 0.256 e. The summed E-state index contributed by atoms with van der Waals surface area (Å²) in [4.78, 5) is 38.0. The van der Waals surface area contributed by atoms with E-state index < -0.39 is 0 Å². The van der Waals surface area contributed by atoms with Crippen molar-refractivity contribution in [3.05, 3.63) is 59.7 Å². The fourth-order valence-electron chi connectivity index (χ4n) is 7.02. The molecule has 0 unspecified atom stereocenters. The van der Waals surface area contributed by atoms with E-state index in [1.165, 1.54) is 38.5 Å². The number of carbonyl (C=O) groups is 3. The predicted molar refractivity (Wildman–Crippen MR) is 132 cm³/mol. The Bertz CT molecular complexity index is 1060. The molecule has 0 spiro atoms. The fourth-order valence-corrected chi connectivity index (χ4v) is 7.02. The molecular weight excluding hydrogens is 426 g/mol. The zero-order valence-electron chi connectivity index (χ0n) is 19.7. The molecule has 0 radical (unpaired) electrons. The van der Waals surface area contributed by atoms with Gasteiger partial charge in [-0.3, -0.25) is 14.4 Å². The van der Waals surface area contributed by atoms with E-state index in [2.05, 4.69) is 16.0 Å². The number of hydrogen-bond acceptors (Lipinski definition) is 3. The van der Waals surface area contributed by atoms with E-state index in [0.29, 0.717) is 28.9 Å². The Morgan fingerprint density at radius 2 is 1.47 bits per heavy atom. The Balaban J connectivity index is 1.15. The Kier molecular flexibility index (Phi) is 6.15. The highest BCUT2D eigenvalue weighted by Gasteiger charge is 2.51. The van der Waals surface area contributed by atoms with Crippen molar-refractivity contribution in [2.45, 2.75) is 51.9 Å². The van der Waals surface area contributed by atoms with Crippen LogP contribution in [0.5, 0.6) is 0 Å². The number of para-hydroxylation sites is 1. The molecule has 0 aliphatic heterocycles. The van der Waals surface area contributed by atoms with Gasteiger partial charge in [-0.2, -0.15) is 0 Å². The lowest BCUT2D eigenvalue weighted by atomic mass is 9.49. The molecule has 4 aliphatic rings. The molecule has 3 N–H and O–H groups in total. The van der Waals surface area contributed by atoms with E-state index >= 15 is 0 Å². The molecule has 178 valence electrons. The second-order valence-corrected chi connectivity index (χ2v) is 10.7. The van der Waals surface area contributed by atoms with Gasteiger partial charge >= 0.3 is 0 Å². The number of carbonyl (C=O) groups excluding carboxylic acids is 3. The van der Waals surface area contributed by atoms with E-state index in [9.17, 15) is 14.4 Å². The van der Waals surface area contributed by atoms with Gasteiger partial charge in [0.2, 0.25) is 11.8 Å². The van der Waals surface area contributed by atoms with E-state index in [1.807, 2.05) is 30.3 Å². The van der Waals surface area contributed by atoms with Crippen LogP contribution in [0, 0.1) is 30.1 Å². The zero-order valence-corrected chi connectivity index (χ0v) is 19.7. The Labute approximate surface area is 200 Å². The third-order valence-corrected chi connectivity index (χ3v) is 8.03. The first-order valence-electron chi connectivity index (χ1n) is 12.4. The topological polar surface area (TPSA) is 87.3 Å². The maximum absolute atomic E-state index is 12.7. The number of rotatable bonds is 7. The van der Waals surface area contributed by atoms with Gasteiger partial charge in [-0.1, -0.05) is 24.3 Å². The predicted octanol–water partition coefficient (Wildman–Crippen LogP) is 4.91. The average molecular weight is 460 g/mol. The molecule has 4 fully saturated rings. The molecule has 2 aromatic carbocycles. The number of anilines is 2. The van der Waals surface area contributed by atoms with Crippen molar-refractivity contribution in [3.8, 4) is 0 Å². The highest BCUT2D eigenvalue weighted by atomic mass is 16.2. The van der Waals surface area contributed by atoms with Gasteiger partial charge in [0.15, 0.2) is 0 Å². The largest absolute Gasteiger partial charge is 0.347 e. The van der Waals surface area contributed by atoms with Crippen LogP contribution in [0.15, 0.2) is 48.5 Å². The van der Waals surface area contributed by atoms with E-state index in [4.69, 9.17) is 0 Å². The highest BCUT2D eigenvalue weighted by molar-refractivity contribution is 6.07. The van der Waals surface area contributed by atoms with Crippen molar-refractivity contribution in [1.29, 1.82) is 0 Å². The summed E-state index contributed by atoms with van der Waals surface area (Å²) in [5.41, 5.74) is 2.62. The summed E-state index contributed by atoms with van der Waals surface area (Å²) in [6.45, 7) is 1.74. The molecule has 0 aromatic heterocycles. The van der Waals surface area contributed by atoms with Crippen molar-refractivity contribution >= 4 is 29.1 Å². The number of nitrogens with one attached hydrogen (secondary N) is 3. The van der Waals surface area contributed by atoms with E-state index in [0.717, 1.165) is 17.8 Å². The minimum atomic E-state index is -0.289. The summed E-state index contributed by atoms with van der Waals surface area (Å²) in [6.07, 6.45) is 8.13. The monoisotopic (exact) mass is 459 g/mol. The van der Waals surface area contributed by atoms with Gasteiger partial charge in [0.05, 0.1) is 6.54 Å². The van der Waals surface area contributed by atoms with Gasteiger partial charge in [-0.25, -0.2) is 0 Å². The molecule has 6 nitrogen and oxygen atoms in total. The first-order valence-corrected chi connectivity index (χ1v) is 12.4. The van der Waals surface area contributed by atoms with Crippen LogP contribution in [-0.4, -0.2) is 24.3 Å². The van der Waals surface area contributed by atoms with E-state index in [1.54, 1.807) is 25.1 Å². The summed E-state index contributed by atoms with van der Waals surface area (Å²) in [7, 11) is 0. The van der Waals surface area contributed by atoms with Gasteiger partial charge in [-0.05, 0) is 98.4 Å². The molecule has 0 atom stereocenters. The molecule has 0 heterocycles. The summed E-state index contributed by atoms with van der Waals surface area (Å²) in [6, 6.07) is 14.5. The highest BCUT2D eigenvalue weighted by Crippen LogP contribution is 2.61. The van der Waals surface area contributed by atoms with Crippen molar-refractivity contribution < 1.29 is 14.4 Å². The molecular formula is C28H33N3O3. The Morgan fingerprint density at radius 3 is 2.12 bits per heavy atom. The number of benzene rings is 2. The molecule has 4 aliphatic carbocycles. The second kappa shape index (κ2) is 9.24. The van der Waals surface area contributed by atoms with Crippen molar-refractivity contribution in [2.75, 3.05) is 17.2 Å². The zero-order chi connectivity index (χ0) is 23.7. The van der Waals surface area contributed by atoms with Crippen LogP contribution in [-0.2, 0) is 9.59 Å². The lowest BCUT2D eigenvalue weighted by Crippen LogP contribution is -2.48. The van der Waals surface area contributed by atoms with Crippen LogP contribution in [0.2, 0.25) is 0 Å². The van der Waals surface area contributed by atoms with Crippen LogP contribution in [0.4, 0.5) is 11.4 Å². The van der Waals surface area contributed by atoms with E-state index in [-0.39, 0.29) is 29.7 Å². The molecule has 4 bridgehead atoms. The van der Waals surface area contributed by atoms with Crippen molar-refractivity contribution in [3.63, 3.8) is 0 Å². The molecule has 3 amide bonds.